The van der Waals surface area contributed by atoms with Crippen LogP contribution in [-0.2, 0) is 11.2 Å². The maximum atomic E-state index is 6.20. The molecule has 1 rings (SSSR count). The van der Waals surface area contributed by atoms with Crippen molar-refractivity contribution >= 4 is 11.6 Å². The van der Waals surface area contributed by atoms with Gasteiger partial charge in [0.05, 0.1) is 11.6 Å². The van der Waals surface area contributed by atoms with Crippen LogP contribution in [-0.4, -0.2) is 24.2 Å². The van der Waals surface area contributed by atoms with Gasteiger partial charge in [0.25, 0.3) is 0 Å². The smallest absolute Gasteiger partial charge is 0.0645 e. The van der Waals surface area contributed by atoms with E-state index in [1.807, 2.05) is 13.0 Å². The van der Waals surface area contributed by atoms with Crippen molar-refractivity contribution in [2.75, 3.05) is 13.7 Å². The first-order valence-electron chi connectivity index (χ1n) is 4.97. The van der Waals surface area contributed by atoms with Crippen LogP contribution in [0.2, 0.25) is 5.02 Å². The quantitative estimate of drug-likeness (QED) is 0.839. The first-order valence-corrected chi connectivity index (χ1v) is 5.35. The van der Waals surface area contributed by atoms with E-state index in [1.54, 1.807) is 19.5 Å². The molecular formula is C11H17ClN2O. The number of nitrogens with two attached hydrogens (primary N) is 1. The number of hydrogen-bond donors (Lipinski definition) is 1. The monoisotopic (exact) mass is 228 g/mol. The number of methoxy groups -OCH3 is 1. The second-order valence-electron chi connectivity index (χ2n) is 3.79. The molecule has 0 amide bonds. The Labute approximate surface area is 95.6 Å². The summed E-state index contributed by atoms with van der Waals surface area (Å²) in [7, 11) is 1.66. The Bertz CT molecular complexity index is 319. The van der Waals surface area contributed by atoms with Crippen LogP contribution in [0.15, 0.2) is 18.5 Å². The van der Waals surface area contributed by atoms with Gasteiger partial charge in [-0.05, 0) is 24.5 Å². The molecule has 0 radical (unpaired) electrons. The van der Waals surface area contributed by atoms with Crippen molar-refractivity contribution in [3.63, 3.8) is 0 Å². The summed E-state index contributed by atoms with van der Waals surface area (Å²) >= 11 is 6.03. The number of rotatable bonds is 5. The summed E-state index contributed by atoms with van der Waals surface area (Å²) in [5.74, 6) is 0. The molecular weight excluding hydrogens is 212 g/mol. The van der Waals surface area contributed by atoms with Gasteiger partial charge in [-0.2, -0.15) is 0 Å². The van der Waals surface area contributed by atoms with Crippen molar-refractivity contribution in [3.8, 4) is 0 Å². The lowest BCUT2D eigenvalue weighted by molar-refractivity contribution is 0.129. The van der Waals surface area contributed by atoms with Gasteiger partial charge in [0.15, 0.2) is 0 Å². The van der Waals surface area contributed by atoms with Gasteiger partial charge >= 0.3 is 0 Å². The van der Waals surface area contributed by atoms with E-state index in [-0.39, 0.29) is 5.54 Å². The van der Waals surface area contributed by atoms with Crippen LogP contribution in [0.4, 0.5) is 0 Å². The standard InChI is InChI=1S/C11H17ClN2O/c1-3-11(13,8-15-2)6-9-4-5-14-7-10(9)12/h4-5,7H,3,6,8,13H2,1-2H3. The Morgan fingerprint density at radius 3 is 2.87 bits per heavy atom. The highest BCUT2D eigenvalue weighted by Crippen LogP contribution is 2.21. The predicted molar refractivity (Wildman–Crippen MR) is 62.0 cm³/mol. The van der Waals surface area contributed by atoms with Gasteiger partial charge in [-0.25, -0.2) is 0 Å². The van der Waals surface area contributed by atoms with E-state index in [0.29, 0.717) is 18.1 Å². The van der Waals surface area contributed by atoms with Crippen molar-refractivity contribution in [2.24, 2.45) is 5.73 Å². The number of aromatic nitrogens is 1. The molecule has 1 aromatic heterocycles. The van der Waals surface area contributed by atoms with Crippen LogP contribution >= 0.6 is 11.6 Å². The molecule has 0 bridgehead atoms. The van der Waals surface area contributed by atoms with Crippen molar-refractivity contribution in [2.45, 2.75) is 25.3 Å². The largest absolute Gasteiger partial charge is 0.383 e. The highest BCUT2D eigenvalue weighted by Gasteiger charge is 2.24. The van der Waals surface area contributed by atoms with E-state index in [0.717, 1.165) is 12.0 Å². The molecule has 0 aliphatic heterocycles. The Kier molecular flexibility index (Phi) is 4.51. The molecule has 0 saturated carbocycles. The molecule has 1 heterocycles. The molecule has 0 aromatic carbocycles. The van der Waals surface area contributed by atoms with Crippen molar-refractivity contribution < 1.29 is 4.74 Å². The summed E-state index contributed by atoms with van der Waals surface area (Å²) in [5, 5.41) is 0.664. The lowest BCUT2D eigenvalue weighted by atomic mass is 9.90. The molecule has 0 aliphatic carbocycles. The minimum atomic E-state index is -0.347. The fraction of sp³-hybridized carbons (Fsp3) is 0.545. The van der Waals surface area contributed by atoms with Gasteiger partial charge in [0.2, 0.25) is 0 Å². The minimum Gasteiger partial charge on any atom is -0.383 e. The third kappa shape index (κ3) is 3.45. The Morgan fingerprint density at radius 2 is 2.33 bits per heavy atom. The fourth-order valence-corrected chi connectivity index (χ4v) is 1.68. The molecule has 84 valence electrons. The molecule has 15 heavy (non-hydrogen) atoms. The summed E-state index contributed by atoms with van der Waals surface area (Å²) in [5.41, 5.74) is 6.88. The van der Waals surface area contributed by atoms with E-state index in [9.17, 15) is 0 Å². The molecule has 0 aliphatic rings. The third-order valence-corrected chi connectivity index (χ3v) is 2.88. The Hall–Kier alpha value is -0.640. The number of pyridine rings is 1. The summed E-state index contributed by atoms with van der Waals surface area (Å²) in [4.78, 5) is 3.94. The molecule has 1 aromatic rings. The molecule has 1 unspecified atom stereocenters. The van der Waals surface area contributed by atoms with Gasteiger partial charge in [-0.1, -0.05) is 18.5 Å². The number of hydrogen-bond acceptors (Lipinski definition) is 3. The van der Waals surface area contributed by atoms with E-state index in [4.69, 9.17) is 22.1 Å². The van der Waals surface area contributed by atoms with Gasteiger partial charge in [0.1, 0.15) is 0 Å². The minimum absolute atomic E-state index is 0.347. The third-order valence-electron chi connectivity index (χ3n) is 2.53. The van der Waals surface area contributed by atoms with Crippen LogP contribution in [0.3, 0.4) is 0 Å². The van der Waals surface area contributed by atoms with E-state index in [1.165, 1.54) is 0 Å². The molecule has 0 saturated heterocycles. The molecule has 0 spiro atoms. The average molecular weight is 229 g/mol. The van der Waals surface area contributed by atoms with Gasteiger partial charge in [0, 0.05) is 25.0 Å². The van der Waals surface area contributed by atoms with E-state index < -0.39 is 0 Å². The van der Waals surface area contributed by atoms with Crippen molar-refractivity contribution in [1.82, 2.24) is 4.98 Å². The van der Waals surface area contributed by atoms with Crippen LogP contribution in [0.1, 0.15) is 18.9 Å². The normalized spacial score (nSPS) is 14.9. The maximum Gasteiger partial charge on any atom is 0.0645 e. The first-order chi connectivity index (χ1) is 7.11. The second-order valence-corrected chi connectivity index (χ2v) is 4.20. The fourth-order valence-electron chi connectivity index (χ4n) is 1.49. The van der Waals surface area contributed by atoms with Crippen LogP contribution < -0.4 is 5.73 Å². The van der Waals surface area contributed by atoms with Crippen molar-refractivity contribution in [3.05, 3.63) is 29.0 Å². The lowest BCUT2D eigenvalue weighted by Crippen LogP contribution is -2.45. The SMILES string of the molecule is CCC(N)(COC)Cc1ccncc1Cl. The van der Waals surface area contributed by atoms with Crippen LogP contribution in [0.5, 0.6) is 0 Å². The predicted octanol–water partition coefficient (Wildman–Crippen LogP) is 2.03. The Morgan fingerprint density at radius 1 is 1.60 bits per heavy atom. The topological polar surface area (TPSA) is 48.1 Å². The summed E-state index contributed by atoms with van der Waals surface area (Å²) < 4.78 is 5.13. The lowest BCUT2D eigenvalue weighted by Gasteiger charge is -2.27. The number of nitrogens with zero attached hydrogens (tertiary/aromatic N) is 1. The molecule has 0 fully saturated rings. The maximum absolute atomic E-state index is 6.20. The van der Waals surface area contributed by atoms with E-state index in [2.05, 4.69) is 4.98 Å². The highest BCUT2D eigenvalue weighted by atomic mass is 35.5. The van der Waals surface area contributed by atoms with Gasteiger partial charge < -0.3 is 10.5 Å². The summed E-state index contributed by atoms with van der Waals surface area (Å²) in [6.45, 7) is 2.58. The molecule has 2 N–H and O–H groups in total. The zero-order valence-electron chi connectivity index (χ0n) is 9.16. The Balaban J connectivity index is 2.79. The molecule has 4 heteroatoms. The first kappa shape index (κ1) is 12.4. The van der Waals surface area contributed by atoms with Crippen LogP contribution in [0.25, 0.3) is 0 Å². The zero-order valence-corrected chi connectivity index (χ0v) is 9.92. The van der Waals surface area contributed by atoms with E-state index >= 15 is 0 Å². The van der Waals surface area contributed by atoms with Crippen molar-refractivity contribution in [1.29, 1.82) is 0 Å². The summed E-state index contributed by atoms with van der Waals surface area (Å²) in [6.07, 6.45) is 4.92. The highest BCUT2D eigenvalue weighted by molar-refractivity contribution is 6.31. The molecule has 3 nitrogen and oxygen atoms in total. The van der Waals surface area contributed by atoms with Gasteiger partial charge in [-0.3, -0.25) is 4.98 Å². The van der Waals surface area contributed by atoms with Gasteiger partial charge in [-0.15, -0.1) is 0 Å². The van der Waals surface area contributed by atoms with Crippen LogP contribution in [0, 0.1) is 0 Å². The number of halogens is 1. The second kappa shape index (κ2) is 5.45. The summed E-state index contributed by atoms with van der Waals surface area (Å²) in [6, 6.07) is 1.90. The number of ether oxygens (including phenoxy) is 1. The zero-order chi connectivity index (χ0) is 11.3. The average Bonchev–Trinajstić information content (AvgIpc) is 2.22. The molecule has 1 atom stereocenters.